The first-order chi connectivity index (χ1) is 12.3. The fourth-order valence-corrected chi connectivity index (χ4v) is 3.97. The van der Waals surface area contributed by atoms with Gasteiger partial charge < -0.3 is 23.7 Å². The molecule has 152 valence electrons. The molecule has 0 aromatic heterocycles. The van der Waals surface area contributed by atoms with Crippen molar-refractivity contribution >= 4 is 14.2 Å². The summed E-state index contributed by atoms with van der Waals surface area (Å²) in [5.41, 5.74) is -0.696. The predicted molar refractivity (Wildman–Crippen MR) is 108 cm³/mol. The highest BCUT2D eigenvalue weighted by Gasteiger charge is 2.55. The fraction of sp³-hybridized carbons (Fsp3) is 0.900. The average Bonchev–Trinajstić information content (AvgIpc) is 2.85. The maximum absolute atomic E-state index is 10.7. The molecule has 0 unspecified atom stereocenters. The number of aliphatic hydroxyl groups excluding tert-OH is 1. The predicted octanol–water partition coefficient (Wildman–Crippen LogP) is 3.73. The highest BCUT2D eigenvalue weighted by molar-refractivity contribution is 6.60. The molecule has 2 atom stereocenters. The molecule has 27 heavy (non-hydrogen) atoms. The van der Waals surface area contributed by atoms with Crippen molar-refractivity contribution in [2.45, 2.75) is 110 Å². The molecule has 0 aromatic carbocycles. The molecule has 3 rings (SSSR count). The third-order valence-electron chi connectivity index (χ3n) is 7.28. The Morgan fingerprint density at radius 3 is 1.70 bits per heavy atom. The minimum atomic E-state index is -0.494. The van der Waals surface area contributed by atoms with Crippen molar-refractivity contribution in [1.82, 2.24) is 0 Å². The fourth-order valence-electron chi connectivity index (χ4n) is 3.97. The molecule has 0 aromatic rings. The van der Waals surface area contributed by atoms with E-state index in [-0.39, 0.29) is 12.0 Å². The summed E-state index contributed by atoms with van der Waals surface area (Å²) in [6, 6.07) is 0. The number of aliphatic hydroxyl groups is 1. The largest absolute Gasteiger partial charge is 0.489 e. The van der Waals surface area contributed by atoms with Crippen molar-refractivity contribution in [3.05, 3.63) is 11.4 Å². The molecular formula is C20H36B2O5. The van der Waals surface area contributed by atoms with Gasteiger partial charge in [-0.25, -0.2) is 0 Å². The third kappa shape index (κ3) is 3.91. The number of rotatable bonds is 3. The molecule has 2 saturated heterocycles. The topological polar surface area (TPSA) is 57.2 Å². The second-order valence-electron chi connectivity index (χ2n) is 10.3. The third-order valence-corrected chi connectivity index (χ3v) is 7.28. The number of hydrogen-bond donors (Lipinski definition) is 1. The summed E-state index contributed by atoms with van der Waals surface area (Å²) in [5.74, 6) is 2.00. The van der Waals surface area contributed by atoms with E-state index >= 15 is 0 Å². The second-order valence-corrected chi connectivity index (χ2v) is 10.3. The zero-order valence-electron chi connectivity index (χ0n) is 18.3. The van der Waals surface area contributed by atoms with Crippen LogP contribution >= 0.6 is 0 Å². The summed E-state index contributed by atoms with van der Waals surface area (Å²) in [4.78, 5) is 0. The van der Waals surface area contributed by atoms with E-state index in [1.54, 1.807) is 0 Å². The molecule has 0 bridgehead atoms. The van der Waals surface area contributed by atoms with Crippen molar-refractivity contribution in [3.63, 3.8) is 0 Å². The van der Waals surface area contributed by atoms with Crippen LogP contribution in [0.4, 0.5) is 0 Å². The summed E-state index contributed by atoms with van der Waals surface area (Å²) in [6.45, 7) is 16.4. The molecular weight excluding hydrogens is 342 g/mol. The average molecular weight is 378 g/mol. The molecule has 1 saturated carbocycles. The minimum Gasteiger partial charge on any atom is -0.400 e. The lowest BCUT2D eigenvalue weighted by Gasteiger charge is -2.32. The highest BCUT2D eigenvalue weighted by Crippen LogP contribution is 2.43. The lowest BCUT2D eigenvalue weighted by Crippen LogP contribution is -2.41. The van der Waals surface area contributed by atoms with Gasteiger partial charge in [-0.2, -0.15) is 0 Å². The minimum absolute atomic E-state index is 0.00692. The van der Waals surface area contributed by atoms with Gasteiger partial charge in [0.05, 0.1) is 28.5 Å². The summed E-state index contributed by atoms with van der Waals surface area (Å²) in [5, 5.41) is 10.7. The lowest BCUT2D eigenvalue weighted by molar-refractivity contribution is 0.00578. The van der Waals surface area contributed by atoms with E-state index in [0.717, 1.165) is 31.2 Å². The van der Waals surface area contributed by atoms with Crippen molar-refractivity contribution in [2.24, 2.45) is 5.92 Å². The molecule has 0 radical (unpaired) electrons. The molecule has 2 heterocycles. The van der Waals surface area contributed by atoms with Crippen molar-refractivity contribution in [3.8, 4) is 0 Å². The van der Waals surface area contributed by atoms with E-state index in [2.05, 4.69) is 27.7 Å². The van der Waals surface area contributed by atoms with Gasteiger partial charge in [0.15, 0.2) is 0 Å². The normalized spacial score (nSPS) is 34.9. The molecule has 3 aliphatic rings. The van der Waals surface area contributed by atoms with E-state index in [9.17, 15) is 5.11 Å². The Balaban J connectivity index is 1.92. The van der Waals surface area contributed by atoms with Gasteiger partial charge in [-0.05, 0) is 73.7 Å². The van der Waals surface area contributed by atoms with Crippen LogP contribution in [0, 0.1) is 5.92 Å². The molecule has 0 amide bonds. The monoisotopic (exact) mass is 378 g/mol. The standard InChI is InChI=1S/C20H36B2O5/c1-17(2)18(3,4)25-21(24-17)13-15(14-11-9-10-12-16(14)23)22-26-19(5,6)20(7,8)27-22/h13-14,16,23H,9-12H2,1-8H3/b15-13-/t14-,16+/m1/s1. The van der Waals surface area contributed by atoms with E-state index in [1.165, 1.54) is 0 Å². The zero-order chi connectivity index (χ0) is 20.3. The Hall–Kier alpha value is -0.330. The van der Waals surface area contributed by atoms with Crippen molar-refractivity contribution < 1.29 is 23.7 Å². The van der Waals surface area contributed by atoms with E-state index in [0.29, 0.717) is 0 Å². The van der Waals surface area contributed by atoms with Crippen LogP contribution in [0.2, 0.25) is 0 Å². The van der Waals surface area contributed by atoms with E-state index in [1.807, 2.05) is 33.7 Å². The molecule has 7 heteroatoms. The van der Waals surface area contributed by atoms with Gasteiger partial charge >= 0.3 is 14.2 Å². The van der Waals surface area contributed by atoms with Crippen LogP contribution in [-0.2, 0) is 18.6 Å². The van der Waals surface area contributed by atoms with Crippen LogP contribution < -0.4 is 0 Å². The summed E-state index contributed by atoms with van der Waals surface area (Å²) < 4.78 is 25.0. The van der Waals surface area contributed by atoms with Gasteiger partial charge in [-0.3, -0.25) is 0 Å². The van der Waals surface area contributed by atoms with Crippen LogP contribution in [0.1, 0.15) is 81.1 Å². The van der Waals surface area contributed by atoms with Gasteiger partial charge in [0.2, 0.25) is 0 Å². The lowest BCUT2D eigenvalue weighted by atomic mass is 9.62. The van der Waals surface area contributed by atoms with Crippen LogP contribution in [-0.4, -0.2) is 47.9 Å². The van der Waals surface area contributed by atoms with Crippen LogP contribution in [0.15, 0.2) is 11.4 Å². The van der Waals surface area contributed by atoms with Crippen LogP contribution in [0.3, 0.4) is 0 Å². The Kier molecular flexibility index (Phi) is 5.44. The Labute approximate surface area is 165 Å². The van der Waals surface area contributed by atoms with Gasteiger partial charge in [-0.15, -0.1) is 0 Å². The summed E-state index contributed by atoms with van der Waals surface area (Å²) >= 11 is 0. The Morgan fingerprint density at radius 1 is 0.778 bits per heavy atom. The van der Waals surface area contributed by atoms with Crippen LogP contribution in [0.25, 0.3) is 0 Å². The Bertz CT molecular complexity index is 567. The van der Waals surface area contributed by atoms with Gasteiger partial charge in [0.1, 0.15) is 0 Å². The highest BCUT2D eigenvalue weighted by atomic mass is 16.7. The maximum atomic E-state index is 10.7. The first kappa shape index (κ1) is 21.4. The quantitative estimate of drug-likeness (QED) is 0.759. The molecule has 5 nitrogen and oxygen atoms in total. The molecule has 2 aliphatic heterocycles. The molecule has 1 N–H and O–H groups in total. The van der Waals surface area contributed by atoms with Crippen molar-refractivity contribution in [2.75, 3.05) is 0 Å². The Morgan fingerprint density at radius 2 is 1.22 bits per heavy atom. The summed E-state index contributed by atoms with van der Waals surface area (Å²) in [7, 11) is -0.968. The first-order valence-electron chi connectivity index (χ1n) is 10.4. The number of hydrogen-bond acceptors (Lipinski definition) is 5. The maximum Gasteiger partial charge on any atom is 0.489 e. The molecule has 1 aliphatic carbocycles. The van der Waals surface area contributed by atoms with E-state index in [4.69, 9.17) is 18.6 Å². The van der Waals surface area contributed by atoms with Gasteiger partial charge in [0, 0.05) is 5.92 Å². The van der Waals surface area contributed by atoms with Crippen LogP contribution in [0.5, 0.6) is 0 Å². The second kappa shape index (κ2) is 6.87. The van der Waals surface area contributed by atoms with Crippen molar-refractivity contribution in [1.29, 1.82) is 0 Å². The summed E-state index contributed by atoms with van der Waals surface area (Å²) in [6.07, 6.45) is 3.51. The zero-order valence-corrected chi connectivity index (χ0v) is 18.3. The SMILES string of the molecule is CC1(C)OB(/C=C(\B2OC(C)(C)C(C)(C)O2)[C@H]2CCCC[C@@H]2O)OC1(C)C. The van der Waals surface area contributed by atoms with Gasteiger partial charge in [-0.1, -0.05) is 18.8 Å². The van der Waals surface area contributed by atoms with Gasteiger partial charge in [0.25, 0.3) is 0 Å². The van der Waals surface area contributed by atoms with E-state index < -0.39 is 36.6 Å². The molecule has 0 spiro atoms. The molecule has 3 fully saturated rings. The first-order valence-corrected chi connectivity index (χ1v) is 10.4. The smallest absolute Gasteiger partial charge is 0.400 e.